The molecule has 1 unspecified atom stereocenters. The quantitative estimate of drug-likeness (QED) is 0.447. The predicted molar refractivity (Wildman–Crippen MR) is 147 cm³/mol. The Bertz CT molecular complexity index is 1160. The molecular formula is C32H40N2. The first-order valence-electron chi connectivity index (χ1n) is 12.7. The zero-order chi connectivity index (χ0) is 24.5. The number of allylic oxidation sites excluding steroid dienone is 4. The van der Waals surface area contributed by atoms with Crippen LogP contribution in [0.15, 0.2) is 66.8 Å². The average Bonchev–Trinajstić information content (AvgIpc) is 2.82. The SMILES string of the molecule is C=C(NCC1(C)CC=C(c2ccc(C(C)C)cc2)C(C)(C)/C1=C/C)c1ccc2c(n1)C=CCC2. The van der Waals surface area contributed by atoms with Crippen LogP contribution < -0.4 is 5.32 Å². The van der Waals surface area contributed by atoms with Crippen LogP contribution in [0.4, 0.5) is 0 Å². The van der Waals surface area contributed by atoms with E-state index >= 15 is 0 Å². The summed E-state index contributed by atoms with van der Waals surface area (Å²) in [5.74, 6) is 0.552. The van der Waals surface area contributed by atoms with Gasteiger partial charge in [0.2, 0.25) is 0 Å². The Morgan fingerprint density at radius 1 is 1.12 bits per heavy atom. The Kier molecular flexibility index (Phi) is 6.71. The van der Waals surface area contributed by atoms with Crippen molar-refractivity contribution in [1.82, 2.24) is 10.3 Å². The molecule has 178 valence electrons. The average molecular weight is 453 g/mol. The van der Waals surface area contributed by atoms with Gasteiger partial charge in [-0.1, -0.05) is 95.3 Å². The van der Waals surface area contributed by atoms with E-state index in [9.17, 15) is 0 Å². The van der Waals surface area contributed by atoms with Crippen molar-refractivity contribution in [3.05, 3.63) is 94.9 Å². The van der Waals surface area contributed by atoms with Gasteiger partial charge in [-0.15, -0.1) is 0 Å². The molecule has 0 fully saturated rings. The first-order chi connectivity index (χ1) is 16.2. The second-order valence-corrected chi connectivity index (χ2v) is 11.0. The van der Waals surface area contributed by atoms with E-state index in [1.54, 1.807) is 0 Å². The Morgan fingerprint density at radius 3 is 2.53 bits per heavy atom. The van der Waals surface area contributed by atoms with Crippen LogP contribution in [-0.4, -0.2) is 11.5 Å². The fourth-order valence-corrected chi connectivity index (χ4v) is 5.85. The molecule has 0 aliphatic heterocycles. The Balaban J connectivity index is 1.54. The topological polar surface area (TPSA) is 24.9 Å². The van der Waals surface area contributed by atoms with Crippen molar-refractivity contribution < 1.29 is 0 Å². The van der Waals surface area contributed by atoms with Crippen molar-refractivity contribution in [2.75, 3.05) is 6.54 Å². The minimum Gasteiger partial charge on any atom is -0.383 e. The molecule has 0 saturated heterocycles. The number of nitrogens with zero attached hydrogens (tertiary/aromatic N) is 1. The highest BCUT2D eigenvalue weighted by molar-refractivity contribution is 5.75. The molecule has 34 heavy (non-hydrogen) atoms. The van der Waals surface area contributed by atoms with Gasteiger partial charge in [0.1, 0.15) is 0 Å². The number of pyridine rings is 1. The van der Waals surface area contributed by atoms with Crippen LogP contribution in [0.5, 0.6) is 0 Å². The van der Waals surface area contributed by atoms with Crippen molar-refractivity contribution in [3.63, 3.8) is 0 Å². The number of nitrogens with one attached hydrogen (secondary N) is 1. The Labute approximate surface area is 206 Å². The maximum atomic E-state index is 4.86. The summed E-state index contributed by atoms with van der Waals surface area (Å²) in [5.41, 5.74) is 9.85. The summed E-state index contributed by atoms with van der Waals surface area (Å²) in [7, 11) is 0. The molecule has 2 heteroatoms. The number of aryl methyl sites for hydroxylation is 1. The molecule has 2 aliphatic rings. The van der Waals surface area contributed by atoms with Crippen LogP contribution in [0, 0.1) is 10.8 Å². The number of hydrogen-bond acceptors (Lipinski definition) is 2. The maximum Gasteiger partial charge on any atom is 0.0862 e. The van der Waals surface area contributed by atoms with Crippen molar-refractivity contribution in [2.45, 2.75) is 66.7 Å². The third kappa shape index (κ3) is 4.56. The van der Waals surface area contributed by atoms with Crippen molar-refractivity contribution in [2.24, 2.45) is 10.8 Å². The first kappa shape index (κ1) is 24.3. The van der Waals surface area contributed by atoms with Gasteiger partial charge in [-0.25, -0.2) is 4.98 Å². The minimum atomic E-state index is -0.0427. The summed E-state index contributed by atoms with van der Waals surface area (Å²) in [6.45, 7) is 19.0. The van der Waals surface area contributed by atoms with E-state index in [-0.39, 0.29) is 10.8 Å². The normalized spacial score (nSPS) is 22.4. The molecule has 0 radical (unpaired) electrons. The van der Waals surface area contributed by atoms with Gasteiger partial charge in [0.25, 0.3) is 0 Å². The summed E-state index contributed by atoms with van der Waals surface area (Å²) in [6, 6.07) is 13.5. The molecule has 2 aromatic rings. The lowest BCUT2D eigenvalue weighted by molar-refractivity contribution is 0.319. The van der Waals surface area contributed by atoms with Gasteiger partial charge in [-0.2, -0.15) is 0 Å². The fraction of sp³-hybridized carbons (Fsp3) is 0.406. The van der Waals surface area contributed by atoms with Crippen LogP contribution in [0.3, 0.4) is 0 Å². The second kappa shape index (κ2) is 9.41. The van der Waals surface area contributed by atoms with E-state index in [2.05, 4.69) is 114 Å². The molecule has 1 atom stereocenters. The molecule has 2 aliphatic carbocycles. The summed E-state index contributed by atoms with van der Waals surface area (Å²) in [5, 5.41) is 3.64. The molecule has 1 aromatic heterocycles. The standard InChI is InChI=1S/C32H40N2/c1-8-30-31(5,6)27(25-15-13-24(14-16-25)22(2)3)19-20-32(30,7)21-33-23(4)28-18-17-26-11-9-10-12-29(26)34-28/h8,10,12-19,22,33H,4,9,11,20-21H2,1-3,5-7H3/b30-8-. The molecule has 0 spiro atoms. The molecule has 1 heterocycles. The molecule has 1 aromatic carbocycles. The van der Waals surface area contributed by atoms with Crippen LogP contribution in [0.2, 0.25) is 0 Å². The van der Waals surface area contributed by atoms with Gasteiger partial charge >= 0.3 is 0 Å². The molecule has 2 nitrogen and oxygen atoms in total. The molecule has 0 amide bonds. The molecular weight excluding hydrogens is 412 g/mol. The lowest BCUT2D eigenvalue weighted by Gasteiger charge is -2.46. The van der Waals surface area contributed by atoms with E-state index in [1.807, 2.05) is 0 Å². The highest BCUT2D eigenvalue weighted by atomic mass is 14.9. The number of benzene rings is 1. The zero-order valence-electron chi connectivity index (χ0n) is 21.8. The van der Waals surface area contributed by atoms with E-state index in [0.29, 0.717) is 5.92 Å². The second-order valence-electron chi connectivity index (χ2n) is 11.0. The zero-order valence-corrected chi connectivity index (χ0v) is 21.8. The Hall–Kier alpha value is -2.87. The van der Waals surface area contributed by atoms with Crippen molar-refractivity contribution in [1.29, 1.82) is 0 Å². The smallest absolute Gasteiger partial charge is 0.0862 e. The van der Waals surface area contributed by atoms with Crippen molar-refractivity contribution in [3.8, 4) is 0 Å². The third-order valence-electron chi connectivity index (χ3n) is 7.80. The number of fused-ring (bicyclic) bond motifs is 1. The third-order valence-corrected chi connectivity index (χ3v) is 7.80. The first-order valence-corrected chi connectivity index (χ1v) is 12.7. The predicted octanol–water partition coefficient (Wildman–Crippen LogP) is 8.19. The van der Waals surface area contributed by atoms with E-state index in [0.717, 1.165) is 42.9 Å². The molecule has 1 N–H and O–H groups in total. The van der Waals surface area contributed by atoms with E-state index in [4.69, 9.17) is 4.98 Å². The maximum absolute atomic E-state index is 4.86. The fourth-order valence-electron chi connectivity index (χ4n) is 5.85. The van der Waals surface area contributed by atoms with E-state index in [1.165, 1.54) is 27.8 Å². The molecule has 0 bridgehead atoms. The highest BCUT2D eigenvalue weighted by Crippen LogP contribution is 2.53. The number of hydrogen-bond donors (Lipinski definition) is 1. The van der Waals surface area contributed by atoms with Crippen LogP contribution >= 0.6 is 0 Å². The summed E-state index contributed by atoms with van der Waals surface area (Å²) in [6.07, 6.45) is 12.3. The van der Waals surface area contributed by atoms with Gasteiger partial charge in [-0.3, -0.25) is 0 Å². The van der Waals surface area contributed by atoms with Gasteiger partial charge in [0.15, 0.2) is 0 Å². The summed E-state index contributed by atoms with van der Waals surface area (Å²) >= 11 is 0. The van der Waals surface area contributed by atoms with E-state index < -0.39 is 0 Å². The lowest BCUT2D eigenvalue weighted by Crippen LogP contribution is -2.40. The highest BCUT2D eigenvalue weighted by Gasteiger charge is 2.42. The molecule has 0 saturated carbocycles. The van der Waals surface area contributed by atoms with Gasteiger partial charge in [-0.05, 0) is 66.5 Å². The van der Waals surface area contributed by atoms with Crippen LogP contribution in [0.1, 0.15) is 88.4 Å². The van der Waals surface area contributed by atoms with Gasteiger partial charge < -0.3 is 5.32 Å². The van der Waals surface area contributed by atoms with Crippen LogP contribution in [-0.2, 0) is 6.42 Å². The Morgan fingerprint density at radius 2 is 1.85 bits per heavy atom. The van der Waals surface area contributed by atoms with Crippen molar-refractivity contribution >= 4 is 17.3 Å². The lowest BCUT2D eigenvalue weighted by atomic mass is 9.59. The summed E-state index contributed by atoms with van der Waals surface area (Å²) in [4.78, 5) is 4.86. The number of aromatic nitrogens is 1. The number of rotatable bonds is 6. The largest absolute Gasteiger partial charge is 0.383 e. The van der Waals surface area contributed by atoms with Gasteiger partial charge in [0.05, 0.1) is 17.1 Å². The monoisotopic (exact) mass is 452 g/mol. The van der Waals surface area contributed by atoms with Gasteiger partial charge in [0, 0.05) is 17.4 Å². The molecule has 4 rings (SSSR count). The summed E-state index contributed by atoms with van der Waals surface area (Å²) < 4.78 is 0. The van der Waals surface area contributed by atoms with Crippen LogP contribution in [0.25, 0.3) is 17.3 Å². The minimum absolute atomic E-state index is 0.0106.